The molecule has 7 heteroatoms. The number of carbonyl (C=O) groups is 1. The molecular weight excluding hydrogens is 431 g/mol. The first-order valence-corrected chi connectivity index (χ1v) is 11.0. The van der Waals surface area contributed by atoms with Crippen molar-refractivity contribution in [3.63, 3.8) is 0 Å². The Morgan fingerprint density at radius 1 is 1.03 bits per heavy atom. The third-order valence-electron chi connectivity index (χ3n) is 5.85. The lowest BCUT2D eigenvalue weighted by Gasteiger charge is -2.09. The Balaban J connectivity index is 1.40. The lowest BCUT2D eigenvalue weighted by Crippen LogP contribution is -2.03. The molecule has 0 N–H and O–H groups in total. The van der Waals surface area contributed by atoms with E-state index in [4.69, 9.17) is 4.74 Å². The predicted molar refractivity (Wildman–Crippen MR) is 128 cm³/mol. The highest BCUT2D eigenvalue weighted by Crippen LogP contribution is 2.31. The second kappa shape index (κ2) is 8.94. The zero-order valence-corrected chi connectivity index (χ0v) is 18.9. The van der Waals surface area contributed by atoms with Gasteiger partial charge in [0.15, 0.2) is 5.78 Å². The number of fused-ring (bicyclic) bond motifs is 1. The molecule has 2 heterocycles. The van der Waals surface area contributed by atoms with Crippen molar-refractivity contribution in [1.29, 1.82) is 0 Å². The van der Waals surface area contributed by atoms with Crippen LogP contribution in [0, 0.1) is 12.7 Å². The second-order valence-corrected chi connectivity index (χ2v) is 8.19. The molecule has 0 aliphatic carbocycles. The van der Waals surface area contributed by atoms with E-state index in [2.05, 4.69) is 27.0 Å². The number of rotatable bonds is 7. The molecule has 0 amide bonds. The second-order valence-electron chi connectivity index (χ2n) is 8.19. The van der Waals surface area contributed by atoms with Gasteiger partial charge in [-0.2, -0.15) is 0 Å². The molecule has 0 spiro atoms. The van der Waals surface area contributed by atoms with E-state index < -0.39 is 0 Å². The Morgan fingerprint density at radius 2 is 1.79 bits per heavy atom. The summed E-state index contributed by atoms with van der Waals surface area (Å²) >= 11 is 0. The van der Waals surface area contributed by atoms with Gasteiger partial charge in [0, 0.05) is 28.7 Å². The average Bonchev–Trinajstić information content (AvgIpc) is 3.41. The largest absolute Gasteiger partial charge is 0.487 e. The molecule has 0 aliphatic rings. The minimum absolute atomic E-state index is 0.0219. The quantitative estimate of drug-likeness (QED) is 0.305. The van der Waals surface area contributed by atoms with E-state index in [0.717, 1.165) is 16.6 Å². The Hall–Kier alpha value is -4.26. The minimum atomic E-state index is -0.305. The molecule has 170 valence electrons. The smallest absolute Gasteiger partial charge is 0.162 e. The first-order valence-electron chi connectivity index (χ1n) is 11.0. The van der Waals surface area contributed by atoms with Crippen molar-refractivity contribution in [1.82, 2.24) is 19.6 Å². The van der Waals surface area contributed by atoms with E-state index in [1.54, 1.807) is 29.9 Å². The number of hydrogen-bond acceptors (Lipinski definition) is 4. The first-order chi connectivity index (χ1) is 16.5. The third kappa shape index (κ3) is 4.20. The summed E-state index contributed by atoms with van der Waals surface area (Å²) in [6, 6.07) is 22.0. The topological polar surface area (TPSA) is 61.9 Å². The van der Waals surface area contributed by atoms with Crippen LogP contribution in [0.1, 0.15) is 34.2 Å². The zero-order valence-electron chi connectivity index (χ0n) is 18.9. The lowest BCUT2D eigenvalue weighted by atomic mass is 10.1. The van der Waals surface area contributed by atoms with Crippen LogP contribution in [-0.4, -0.2) is 25.3 Å². The van der Waals surface area contributed by atoms with Gasteiger partial charge in [-0.05, 0) is 61.9 Å². The molecule has 0 saturated carbocycles. The van der Waals surface area contributed by atoms with Gasteiger partial charge >= 0.3 is 0 Å². The number of hydrogen-bond donors (Lipinski definition) is 0. The van der Waals surface area contributed by atoms with E-state index in [1.807, 2.05) is 43.3 Å². The van der Waals surface area contributed by atoms with Gasteiger partial charge in [-0.1, -0.05) is 35.5 Å². The Bertz CT molecular complexity index is 1470. The molecule has 0 atom stereocenters. The van der Waals surface area contributed by atoms with E-state index in [-0.39, 0.29) is 18.2 Å². The summed E-state index contributed by atoms with van der Waals surface area (Å²) in [5, 5.41) is 9.09. The van der Waals surface area contributed by atoms with Crippen LogP contribution in [-0.2, 0) is 13.2 Å². The fraction of sp³-hybridized carbons (Fsp3) is 0.148. The van der Waals surface area contributed by atoms with Crippen molar-refractivity contribution in [2.75, 3.05) is 0 Å². The zero-order chi connectivity index (χ0) is 23.7. The van der Waals surface area contributed by atoms with E-state index >= 15 is 0 Å². The number of benzene rings is 3. The van der Waals surface area contributed by atoms with Gasteiger partial charge in [0.2, 0.25) is 0 Å². The molecule has 3 aromatic carbocycles. The molecule has 5 aromatic rings. The molecule has 2 aromatic heterocycles. The molecule has 6 nitrogen and oxygen atoms in total. The summed E-state index contributed by atoms with van der Waals surface area (Å²) < 4.78 is 22.9. The standard InChI is InChI=1S/C27H23FN4O2/c1-18-27(19(2)33)25-14-24(12-13-26(25)31(18)15-20-6-4-3-5-7-20)34-17-22-16-32(30-29-22)23-10-8-21(28)9-11-23/h3-14,16H,15,17H2,1-2H3. The molecule has 34 heavy (non-hydrogen) atoms. The minimum Gasteiger partial charge on any atom is -0.487 e. The summed E-state index contributed by atoms with van der Waals surface area (Å²) in [5.74, 6) is 0.359. The third-order valence-corrected chi connectivity index (χ3v) is 5.85. The maximum Gasteiger partial charge on any atom is 0.162 e. The lowest BCUT2D eigenvalue weighted by molar-refractivity contribution is 0.101. The van der Waals surface area contributed by atoms with Crippen LogP contribution in [0.2, 0.25) is 0 Å². The maximum atomic E-state index is 13.2. The summed E-state index contributed by atoms with van der Waals surface area (Å²) in [4.78, 5) is 12.5. The summed E-state index contributed by atoms with van der Waals surface area (Å²) in [6.45, 7) is 4.47. The summed E-state index contributed by atoms with van der Waals surface area (Å²) in [5.41, 5.74) is 5.14. The van der Waals surface area contributed by atoms with Gasteiger partial charge in [-0.15, -0.1) is 5.10 Å². The molecule has 0 aliphatic heterocycles. The summed E-state index contributed by atoms with van der Waals surface area (Å²) in [7, 11) is 0. The molecule has 0 fully saturated rings. The first kappa shape index (κ1) is 21.6. The van der Waals surface area contributed by atoms with Gasteiger partial charge in [-0.25, -0.2) is 9.07 Å². The Morgan fingerprint density at radius 3 is 2.53 bits per heavy atom. The van der Waals surface area contributed by atoms with E-state index in [0.29, 0.717) is 29.2 Å². The average molecular weight is 455 g/mol. The molecule has 0 unspecified atom stereocenters. The van der Waals surface area contributed by atoms with Crippen LogP contribution in [0.5, 0.6) is 5.75 Å². The van der Waals surface area contributed by atoms with E-state index in [9.17, 15) is 9.18 Å². The van der Waals surface area contributed by atoms with Crippen LogP contribution in [0.25, 0.3) is 16.6 Å². The number of halogens is 1. The van der Waals surface area contributed by atoms with Crippen molar-refractivity contribution in [2.24, 2.45) is 0 Å². The highest BCUT2D eigenvalue weighted by molar-refractivity contribution is 6.08. The molecule has 0 saturated heterocycles. The van der Waals surface area contributed by atoms with Crippen molar-refractivity contribution < 1.29 is 13.9 Å². The van der Waals surface area contributed by atoms with Crippen molar-refractivity contribution >= 4 is 16.7 Å². The normalized spacial score (nSPS) is 11.1. The number of ketones is 1. The van der Waals surface area contributed by atoms with Crippen molar-refractivity contribution in [3.8, 4) is 11.4 Å². The number of Topliss-reactive ketones (excluding diaryl/α,β-unsaturated/α-hetero) is 1. The van der Waals surface area contributed by atoms with Crippen LogP contribution in [0.4, 0.5) is 4.39 Å². The summed E-state index contributed by atoms with van der Waals surface area (Å²) in [6.07, 6.45) is 1.74. The highest BCUT2D eigenvalue weighted by Gasteiger charge is 2.18. The Labute approximate surface area is 196 Å². The maximum absolute atomic E-state index is 13.2. The number of aromatic nitrogens is 4. The number of ether oxygens (including phenoxy) is 1. The van der Waals surface area contributed by atoms with Gasteiger partial charge in [0.05, 0.1) is 11.9 Å². The Kier molecular flexibility index (Phi) is 5.67. The highest BCUT2D eigenvalue weighted by atomic mass is 19.1. The monoisotopic (exact) mass is 454 g/mol. The number of nitrogens with zero attached hydrogens (tertiary/aromatic N) is 4. The fourth-order valence-corrected chi connectivity index (χ4v) is 4.21. The molecule has 0 bridgehead atoms. The molecule has 5 rings (SSSR count). The van der Waals surface area contributed by atoms with Crippen molar-refractivity contribution in [3.05, 3.63) is 107 Å². The van der Waals surface area contributed by atoms with Gasteiger partial charge in [-0.3, -0.25) is 4.79 Å². The van der Waals surface area contributed by atoms with E-state index in [1.165, 1.54) is 17.7 Å². The van der Waals surface area contributed by atoms with Crippen molar-refractivity contribution in [2.45, 2.75) is 27.0 Å². The van der Waals surface area contributed by atoms with Gasteiger partial charge in [0.25, 0.3) is 0 Å². The van der Waals surface area contributed by atoms with Crippen LogP contribution >= 0.6 is 0 Å². The van der Waals surface area contributed by atoms with Gasteiger partial charge < -0.3 is 9.30 Å². The molecular formula is C27H23FN4O2. The van der Waals surface area contributed by atoms with Crippen LogP contribution in [0.3, 0.4) is 0 Å². The van der Waals surface area contributed by atoms with Gasteiger partial charge in [0.1, 0.15) is 23.9 Å². The number of carbonyl (C=O) groups excluding carboxylic acids is 1. The van der Waals surface area contributed by atoms with Crippen LogP contribution < -0.4 is 4.74 Å². The fourth-order valence-electron chi connectivity index (χ4n) is 4.21. The van der Waals surface area contributed by atoms with Crippen LogP contribution in [0.15, 0.2) is 79.0 Å². The predicted octanol–water partition coefficient (Wildman–Crippen LogP) is 5.50. The SMILES string of the molecule is CC(=O)c1c(C)n(Cc2ccccc2)c2ccc(OCc3cn(-c4ccc(F)cc4)nn3)cc12. The molecule has 0 radical (unpaired) electrons.